The molecule has 0 spiro atoms. The molecule has 2 saturated carbocycles. The van der Waals surface area contributed by atoms with Crippen LogP contribution < -0.4 is 10.2 Å². The predicted molar refractivity (Wildman–Crippen MR) is 135 cm³/mol. The van der Waals surface area contributed by atoms with E-state index >= 15 is 0 Å². The van der Waals surface area contributed by atoms with E-state index in [-0.39, 0.29) is 0 Å². The van der Waals surface area contributed by atoms with Crippen LogP contribution in [0.4, 0.5) is 11.4 Å². The lowest BCUT2D eigenvalue weighted by Crippen LogP contribution is -2.40. The van der Waals surface area contributed by atoms with Gasteiger partial charge in [0.15, 0.2) is 0 Å². The van der Waals surface area contributed by atoms with Crippen molar-refractivity contribution in [3.8, 4) is 5.75 Å². The van der Waals surface area contributed by atoms with Crippen molar-refractivity contribution in [3.63, 3.8) is 0 Å². The summed E-state index contributed by atoms with van der Waals surface area (Å²) in [4.78, 5) is 2.47. The summed E-state index contributed by atoms with van der Waals surface area (Å²) in [6.45, 7) is 10.1. The lowest BCUT2D eigenvalue weighted by Gasteiger charge is -2.46. The Labute approximate surface area is 194 Å². The van der Waals surface area contributed by atoms with Gasteiger partial charge in [-0.25, -0.2) is 0 Å². The minimum absolute atomic E-state index is 0.306. The zero-order valence-corrected chi connectivity index (χ0v) is 20.3. The lowest BCUT2D eigenvalue weighted by atomic mass is 9.58. The molecule has 2 N–H and O–H groups in total. The zero-order chi connectivity index (χ0) is 22.5. The normalized spacial score (nSPS) is 28.5. The average molecular weight is 433 g/mol. The molecule has 0 radical (unpaired) electrons. The molecule has 3 aliphatic rings. The van der Waals surface area contributed by atoms with Crippen LogP contribution in [0.15, 0.2) is 42.5 Å². The fraction of sp³-hybridized carbons (Fsp3) is 0.586. The summed E-state index contributed by atoms with van der Waals surface area (Å²) < 4.78 is 0. The van der Waals surface area contributed by atoms with Crippen LogP contribution in [-0.2, 0) is 11.8 Å². The third kappa shape index (κ3) is 3.58. The first-order valence-corrected chi connectivity index (χ1v) is 12.8. The Hall–Kier alpha value is -2.16. The second-order valence-corrected chi connectivity index (χ2v) is 11.2. The fourth-order valence-electron chi connectivity index (χ4n) is 7.72. The molecule has 5 rings (SSSR count). The van der Waals surface area contributed by atoms with E-state index in [1.807, 2.05) is 6.07 Å². The van der Waals surface area contributed by atoms with Crippen LogP contribution >= 0.6 is 0 Å². The first-order chi connectivity index (χ1) is 15.4. The van der Waals surface area contributed by atoms with E-state index in [4.69, 9.17) is 0 Å². The number of phenolic OH excluding ortho intramolecular Hbond substituents is 1. The SMILES string of the molecule is CC(C)N(c1ccc(NCC2CC34CCCCC3C2Cc2ccc(O)cc24)cc1)C(C)C. The van der Waals surface area contributed by atoms with E-state index in [0.717, 1.165) is 18.4 Å². The maximum absolute atomic E-state index is 10.2. The second kappa shape index (κ2) is 8.32. The Balaban J connectivity index is 1.32. The van der Waals surface area contributed by atoms with Gasteiger partial charge in [-0.1, -0.05) is 18.9 Å². The molecule has 2 aromatic carbocycles. The standard InChI is InChI=1S/C29H40N2O/c1-19(2)31(20(3)4)24-11-9-23(10-12-24)30-18-22-17-29-14-6-5-7-27(29)26(22)15-21-8-13-25(32)16-28(21)29/h8-13,16,19-20,22,26-27,30,32H,5-7,14-15,17-18H2,1-4H3. The average Bonchev–Trinajstić information content (AvgIpc) is 3.01. The molecular weight excluding hydrogens is 392 g/mol. The van der Waals surface area contributed by atoms with Gasteiger partial charge in [0.2, 0.25) is 0 Å². The number of hydrogen-bond acceptors (Lipinski definition) is 3. The molecule has 4 unspecified atom stereocenters. The third-order valence-electron chi connectivity index (χ3n) is 8.78. The van der Waals surface area contributed by atoms with E-state index in [0.29, 0.717) is 29.2 Å². The summed E-state index contributed by atoms with van der Waals surface area (Å²) in [5, 5.41) is 14.0. The molecule has 32 heavy (non-hydrogen) atoms. The Morgan fingerprint density at radius 3 is 2.50 bits per heavy atom. The first kappa shape index (κ1) is 21.7. The fourth-order valence-corrected chi connectivity index (χ4v) is 7.72. The topological polar surface area (TPSA) is 35.5 Å². The van der Waals surface area contributed by atoms with Crippen molar-refractivity contribution < 1.29 is 5.11 Å². The number of anilines is 2. The van der Waals surface area contributed by atoms with Gasteiger partial charge in [-0.05, 0) is 124 Å². The minimum atomic E-state index is 0.306. The molecular formula is C29H40N2O. The van der Waals surface area contributed by atoms with Crippen molar-refractivity contribution in [2.45, 2.75) is 83.7 Å². The highest BCUT2D eigenvalue weighted by molar-refractivity contribution is 5.56. The summed E-state index contributed by atoms with van der Waals surface area (Å²) in [6, 6.07) is 16.2. The number of nitrogens with zero attached hydrogens (tertiary/aromatic N) is 1. The van der Waals surface area contributed by atoms with Gasteiger partial charge in [0.25, 0.3) is 0 Å². The van der Waals surface area contributed by atoms with Crippen molar-refractivity contribution in [3.05, 3.63) is 53.6 Å². The number of phenols is 1. The molecule has 3 heteroatoms. The summed E-state index contributed by atoms with van der Waals surface area (Å²) in [5.74, 6) is 2.72. The quantitative estimate of drug-likeness (QED) is 0.530. The third-order valence-corrected chi connectivity index (χ3v) is 8.78. The molecule has 0 aliphatic heterocycles. The van der Waals surface area contributed by atoms with Crippen LogP contribution in [0.5, 0.6) is 5.75 Å². The number of hydrogen-bond donors (Lipinski definition) is 2. The van der Waals surface area contributed by atoms with Gasteiger partial charge in [0, 0.05) is 30.0 Å². The van der Waals surface area contributed by atoms with E-state index < -0.39 is 0 Å². The Morgan fingerprint density at radius 2 is 1.78 bits per heavy atom. The number of rotatable bonds is 6. The molecule has 0 heterocycles. The van der Waals surface area contributed by atoms with E-state index in [1.54, 1.807) is 0 Å². The van der Waals surface area contributed by atoms with Crippen LogP contribution in [0.2, 0.25) is 0 Å². The minimum Gasteiger partial charge on any atom is -0.508 e. The van der Waals surface area contributed by atoms with Crippen LogP contribution in [0, 0.1) is 17.8 Å². The monoisotopic (exact) mass is 432 g/mol. The smallest absolute Gasteiger partial charge is 0.115 e. The van der Waals surface area contributed by atoms with Crippen LogP contribution in [0.1, 0.15) is 70.9 Å². The van der Waals surface area contributed by atoms with E-state index in [2.05, 4.69) is 74.3 Å². The molecule has 2 bridgehead atoms. The van der Waals surface area contributed by atoms with Gasteiger partial charge >= 0.3 is 0 Å². The van der Waals surface area contributed by atoms with Crippen molar-refractivity contribution in [2.24, 2.45) is 17.8 Å². The molecule has 0 aromatic heterocycles. The van der Waals surface area contributed by atoms with Crippen molar-refractivity contribution >= 4 is 11.4 Å². The lowest BCUT2D eigenvalue weighted by molar-refractivity contribution is 0.163. The van der Waals surface area contributed by atoms with Crippen molar-refractivity contribution in [1.29, 1.82) is 0 Å². The van der Waals surface area contributed by atoms with Crippen molar-refractivity contribution in [2.75, 3.05) is 16.8 Å². The molecule has 172 valence electrons. The number of nitrogens with one attached hydrogen (secondary N) is 1. The second-order valence-electron chi connectivity index (χ2n) is 11.2. The molecule has 0 saturated heterocycles. The van der Waals surface area contributed by atoms with Gasteiger partial charge < -0.3 is 15.3 Å². The van der Waals surface area contributed by atoms with Crippen LogP contribution in [0.25, 0.3) is 0 Å². The highest BCUT2D eigenvalue weighted by Gasteiger charge is 2.57. The Bertz CT molecular complexity index is 942. The van der Waals surface area contributed by atoms with Crippen molar-refractivity contribution in [1.82, 2.24) is 0 Å². The van der Waals surface area contributed by atoms with Gasteiger partial charge in [-0.3, -0.25) is 0 Å². The maximum Gasteiger partial charge on any atom is 0.115 e. The molecule has 4 atom stereocenters. The van der Waals surface area contributed by atoms with Gasteiger partial charge in [0.05, 0.1) is 0 Å². The summed E-state index contributed by atoms with van der Waals surface area (Å²) in [6.07, 6.45) is 7.84. The van der Waals surface area contributed by atoms with Gasteiger partial charge in [-0.15, -0.1) is 0 Å². The molecule has 0 amide bonds. The Morgan fingerprint density at radius 1 is 1.03 bits per heavy atom. The summed E-state index contributed by atoms with van der Waals surface area (Å²) >= 11 is 0. The number of fused-ring (bicyclic) bond motifs is 1. The molecule has 3 nitrogen and oxygen atoms in total. The number of aromatic hydroxyl groups is 1. The highest BCUT2D eigenvalue weighted by atomic mass is 16.3. The predicted octanol–water partition coefficient (Wildman–Crippen LogP) is 6.75. The molecule has 2 fully saturated rings. The molecule has 3 aliphatic carbocycles. The number of benzene rings is 2. The highest BCUT2D eigenvalue weighted by Crippen LogP contribution is 2.63. The van der Waals surface area contributed by atoms with Gasteiger partial charge in [-0.2, -0.15) is 0 Å². The van der Waals surface area contributed by atoms with E-state index in [1.165, 1.54) is 61.0 Å². The zero-order valence-electron chi connectivity index (χ0n) is 20.3. The van der Waals surface area contributed by atoms with Crippen LogP contribution in [0.3, 0.4) is 0 Å². The maximum atomic E-state index is 10.2. The molecule has 2 aromatic rings. The summed E-state index contributed by atoms with van der Waals surface area (Å²) in [5.41, 5.74) is 5.82. The van der Waals surface area contributed by atoms with Crippen LogP contribution in [-0.4, -0.2) is 23.7 Å². The Kier molecular flexibility index (Phi) is 5.63. The largest absolute Gasteiger partial charge is 0.508 e. The van der Waals surface area contributed by atoms with E-state index in [9.17, 15) is 5.11 Å². The first-order valence-electron chi connectivity index (χ1n) is 12.8. The van der Waals surface area contributed by atoms with Gasteiger partial charge in [0.1, 0.15) is 5.75 Å². The summed E-state index contributed by atoms with van der Waals surface area (Å²) in [7, 11) is 0.